The van der Waals surface area contributed by atoms with Gasteiger partial charge in [-0.1, -0.05) is 11.6 Å². The molecule has 1 rings (SSSR count). The molecular weight excluding hydrogens is 194 g/mol. The summed E-state index contributed by atoms with van der Waals surface area (Å²) in [6, 6.07) is 0. The molecule has 1 aromatic heterocycles. The summed E-state index contributed by atoms with van der Waals surface area (Å²) >= 11 is 5.65. The van der Waals surface area contributed by atoms with Gasteiger partial charge in [0.1, 0.15) is 0 Å². The van der Waals surface area contributed by atoms with E-state index in [9.17, 15) is 4.79 Å². The topological polar surface area (TPSA) is 59.4 Å². The number of aromatic carboxylic acids is 1. The van der Waals surface area contributed by atoms with Crippen molar-refractivity contribution in [2.75, 3.05) is 7.11 Å². The number of methoxy groups -OCH3 is 1. The summed E-state index contributed by atoms with van der Waals surface area (Å²) < 4.78 is 4.86. The highest BCUT2D eigenvalue weighted by Gasteiger charge is 2.16. The number of pyridine rings is 1. The number of hydrogen-bond donors (Lipinski definition) is 1. The molecule has 0 fully saturated rings. The van der Waals surface area contributed by atoms with Crippen molar-refractivity contribution in [2.24, 2.45) is 0 Å². The Morgan fingerprint density at radius 2 is 2.31 bits per heavy atom. The monoisotopic (exact) mass is 201 g/mol. The molecule has 0 unspecified atom stereocenters. The second-order valence-electron chi connectivity index (χ2n) is 2.42. The fraction of sp³-hybridized carbons (Fsp3) is 0.250. The summed E-state index contributed by atoms with van der Waals surface area (Å²) in [7, 11) is 1.43. The zero-order chi connectivity index (χ0) is 10.0. The second-order valence-corrected chi connectivity index (χ2v) is 2.83. The molecule has 0 saturated carbocycles. The molecule has 0 bridgehead atoms. The third-order valence-electron chi connectivity index (χ3n) is 1.64. The molecule has 0 aromatic carbocycles. The van der Waals surface area contributed by atoms with Gasteiger partial charge < -0.3 is 9.84 Å². The molecule has 5 heteroatoms. The van der Waals surface area contributed by atoms with Crippen LogP contribution in [0.5, 0.6) is 5.88 Å². The number of ether oxygens (including phenoxy) is 1. The Bertz CT molecular complexity index is 351. The molecule has 0 saturated heterocycles. The summed E-state index contributed by atoms with van der Waals surface area (Å²) in [4.78, 5) is 14.6. The molecule has 0 aliphatic rings. The SMILES string of the molecule is COc1ncc(Cl)c(C(=O)O)c1C. The molecule has 0 radical (unpaired) electrons. The quantitative estimate of drug-likeness (QED) is 0.792. The van der Waals surface area contributed by atoms with Crippen LogP contribution < -0.4 is 4.74 Å². The van der Waals surface area contributed by atoms with Crippen LogP contribution >= 0.6 is 11.6 Å². The second kappa shape index (κ2) is 3.62. The van der Waals surface area contributed by atoms with Gasteiger partial charge in [0, 0.05) is 5.56 Å². The van der Waals surface area contributed by atoms with Crippen molar-refractivity contribution in [3.8, 4) is 5.88 Å². The van der Waals surface area contributed by atoms with Gasteiger partial charge in [-0.05, 0) is 6.92 Å². The Hall–Kier alpha value is -1.29. The fourth-order valence-electron chi connectivity index (χ4n) is 1.03. The predicted molar refractivity (Wildman–Crippen MR) is 47.5 cm³/mol. The van der Waals surface area contributed by atoms with Crippen molar-refractivity contribution >= 4 is 17.6 Å². The molecule has 0 aliphatic heterocycles. The number of aromatic nitrogens is 1. The van der Waals surface area contributed by atoms with E-state index in [1.807, 2.05) is 0 Å². The van der Waals surface area contributed by atoms with E-state index < -0.39 is 5.97 Å². The fourth-order valence-corrected chi connectivity index (χ4v) is 1.30. The van der Waals surface area contributed by atoms with Gasteiger partial charge in [-0.15, -0.1) is 0 Å². The lowest BCUT2D eigenvalue weighted by atomic mass is 10.1. The summed E-state index contributed by atoms with van der Waals surface area (Å²) in [5, 5.41) is 8.92. The van der Waals surface area contributed by atoms with Crippen LogP contribution in [0, 0.1) is 6.92 Å². The zero-order valence-electron chi connectivity index (χ0n) is 7.17. The molecule has 0 atom stereocenters. The summed E-state index contributed by atoms with van der Waals surface area (Å²) in [5.41, 5.74) is 0.469. The van der Waals surface area contributed by atoms with E-state index in [4.69, 9.17) is 21.4 Å². The Morgan fingerprint density at radius 3 is 2.77 bits per heavy atom. The number of nitrogens with zero attached hydrogens (tertiary/aromatic N) is 1. The largest absolute Gasteiger partial charge is 0.481 e. The first-order valence-corrected chi connectivity index (χ1v) is 3.88. The van der Waals surface area contributed by atoms with Crippen molar-refractivity contribution in [3.05, 3.63) is 22.3 Å². The van der Waals surface area contributed by atoms with Crippen LogP contribution in [0.15, 0.2) is 6.20 Å². The average Bonchev–Trinajstić information content (AvgIpc) is 2.04. The number of halogens is 1. The lowest BCUT2D eigenvalue weighted by Crippen LogP contribution is -2.04. The summed E-state index contributed by atoms with van der Waals surface area (Å²) in [6.45, 7) is 1.60. The van der Waals surface area contributed by atoms with E-state index in [1.165, 1.54) is 13.3 Å². The first-order valence-electron chi connectivity index (χ1n) is 3.50. The van der Waals surface area contributed by atoms with Gasteiger partial charge in [-0.25, -0.2) is 9.78 Å². The molecule has 13 heavy (non-hydrogen) atoms. The molecular formula is C8H8ClNO3. The number of carboxylic acids is 1. The van der Waals surface area contributed by atoms with Crippen LogP contribution in [0.3, 0.4) is 0 Å². The van der Waals surface area contributed by atoms with Gasteiger partial charge in [-0.3, -0.25) is 0 Å². The Balaban J connectivity index is 3.38. The Morgan fingerprint density at radius 1 is 1.69 bits per heavy atom. The van der Waals surface area contributed by atoms with E-state index >= 15 is 0 Å². The zero-order valence-corrected chi connectivity index (χ0v) is 7.92. The molecule has 1 heterocycles. The third kappa shape index (κ3) is 1.72. The number of carboxylic acid groups (broad SMARTS) is 1. The van der Waals surface area contributed by atoms with Gasteiger partial charge in [-0.2, -0.15) is 0 Å². The highest BCUT2D eigenvalue weighted by molar-refractivity contribution is 6.33. The maximum atomic E-state index is 10.7. The number of rotatable bonds is 2. The standard InChI is InChI=1S/C8H8ClNO3/c1-4-6(8(11)12)5(9)3-10-7(4)13-2/h3H,1-2H3,(H,11,12). The lowest BCUT2D eigenvalue weighted by Gasteiger charge is -2.06. The van der Waals surface area contributed by atoms with Crippen LogP contribution in [0.2, 0.25) is 5.02 Å². The van der Waals surface area contributed by atoms with Crippen molar-refractivity contribution in [3.63, 3.8) is 0 Å². The highest BCUT2D eigenvalue weighted by Crippen LogP contribution is 2.24. The van der Waals surface area contributed by atoms with Crippen molar-refractivity contribution in [1.29, 1.82) is 0 Å². The number of hydrogen-bond acceptors (Lipinski definition) is 3. The molecule has 1 aromatic rings. The summed E-state index contributed by atoms with van der Waals surface area (Å²) in [6.07, 6.45) is 1.26. The van der Waals surface area contributed by atoms with Crippen LogP contribution in [0.1, 0.15) is 15.9 Å². The Kier molecular flexibility index (Phi) is 2.72. The molecule has 0 amide bonds. The highest BCUT2D eigenvalue weighted by atomic mass is 35.5. The van der Waals surface area contributed by atoms with Gasteiger partial charge >= 0.3 is 5.97 Å². The van der Waals surface area contributed by atoms with E-state index in [0.717, 1.165) is 0 Å². The molecule has 1 N–H and O–H groups in total. The van der Waals surface area contributed by atoms with Crippen LogP contribution in [0.25, 0.3) is 0 Å². The normalized spacial score (nSPS) is 9.77. The van der Waals surface area contributed by atoms with Gasteiger partial charge in [0.2, 0.25) is 5.88 Å². The molecule has 4 nitrogen and oxygen atoms in total. The first-order chi connectivity index (χ1) is 6.07. The minimum Gasteiger partial charge on any atom is -0.481 e. The van der Waals surface area contributed by atoms with Crippen LogP contribution in [-0.2, 0) is 0 Å². The molecule has 0 spiro atoms. The van der Waals surface area contributed by atoms with Crippen molar-refractivity contribution in [2.45, 2.75) is 6.92 Å². The van der Waals surface area contributed by atoms with E-state index in [0.29, 0.717) is 5.56 Å². The predicted octanol–water partition coefficient (Wildman–Crippen LogP) is 1.75. The smallest absolute Gasteiger partial charge is 0.337 e. The lowest BCUT2D eigenvalue weighted by molar-refractivity contribution is 0.0695. The van der Waals surface area contributed by atoms with Gasteiger partial charge in [0.15, 0.2) is 0 Å². The van der Waals surface area contributed by atoms with Gasteiger partial charge in [0.25, 0.3) is 0 Å². The van der Waals surface area contributed by atoms with Crippen molar-refractivity contribution < 1.29 is 14.6 Å². The first kappa shape index (κ1) is 9.80. The van der Waals surface area contributed by atoms with E-state index in [-0.39, 0.29) is 16.5 Å². The summed E-state index contributed by atoms with van der Waals surface area (Å²) in [5.74, 6) is -0.801. The maximum Gasteiger partial charge on any atom is 0.337 e. The van der Waals surface area contributed by atoms with Crippen LogP contribution in [0.4, 0.5) is 0 Å². The molecule has 0 aliphatic carbocycles. The van der Waals surface area contributed by atoms with Gasteiger partial charge in [0.05, 0.1) is 23.9 Å². The van der Waals surface area contributed by atoms with Crippen LogP contribution in [-0.4, -0.2) is 23.2 Å². The van der Waals surface area contributed by atoms with E-state index in [1.54, 1.807) is 6.92 Å². The minimum absolute atomic E-state index is 0.0357. The Labute approximate surface area is 80.1 Å². The minimum atomic E-state index is -1.08. The average molecular weight is 202 g/mol. The number of carbonyl (C=O) groups is 1. The van der Waals surface area contributed by atoms with Crippen molar-refractivity contribution in [1.82, 2.24) is 4.98 Å². The van der Waals surface area contributed by atoms with E-state index in [2.05, 4.69) is 4.98 Å². The molecule has 70 valence electrons. The maximum absolute atomic E-state index is 10.7. The third-order valence-corrected chi connectivity index (χ3v) is 1.92.